The lowest BCUT2D eigenvalue weighted by Crippen LogP contribution is -2.19. The number of carbonyl (C=O) groups is 3. The zero-order valence-electron chi connectivity index (χ0n) is 15.1. The smallest absolute Gasteiger partial charge is 0.323 e. The fraction of sp³-hybridized carbons (Fsp3) is 0.150. The normalized spacial score (nSPS) is 13.1. The first kappa shape index (κ1) is 19.4. The van der Waals surface area contributed by atoms with E-state index in [9.17, 15) is 14.4 Å². The molecule has 29 heavy (non-hydrogen) atoms. The molecule has 0 radical (unpaired) electrons. The highest BCUT2D eigenvalue weighted by molar-refractivity contribution is 9.10. The van der Waals surface area contributed by atoms with Crippen molar-refractivity contribution in [3.63, 3.8) is 0 Å². The van der Waals surface area contributed by atoms with Crippen LogP contribution in [0.3, 0.4) is 0 Å². The molecule has 4 rings (SSSR count). The summed E-state index contributed by atoms with van der Waals surface area (Å²) in [6.45, 7) is 0. The molecule has 1 heterocycles. The number of halogens is 1. The molecule has 1 aliphatic carbocycles. The topological polar surface area (TPSA) is 113 Å². The minimum atomic E-state index is -0.626. The Balaban J connectivity index is 1.56. The van der Waals surface area contributed by atoms with Gasteiger partial charge in [0.2, 0.25) is 5.91 Å². The maximum Gasteiger partial charge on any atom is 0.323 e. The molecule has 0 aliphatic heterocycles. The fourth-order valence-electron chi connectivity index (χ4n) is 2.89. The lowest BCUT2D eigenvalue weighted by atomic mass is 10.1. The molecule has 7 nitrogen and oxygen atoms in total. The number of anilines is 3. The van der Waals surface area contributed by atoms with E-state index in [1.54, 1.807) is 30.3 Å². The summed E-state index contributed by atoms with van der Waals surface area (Å²) < 4.78 is 1.71. The van der Waals surface area contributed by atoms with Crippen molar-refractivity contribution in [2.75, 3.05) is 16.0 Å². The highest BCUT2D eigenvalue weighted by Gasteiger charge is 2.31. The van der Waals surface area contributed by atoms with Gasteiger partial charge in [-0.05, 0) is 55.3 Å². The van der Waals surface area contributed by atoms with E-state index in [2.05, 4.69) is 31.9 Å². The number of hydrogen-bond donors (Lipinski definition) is 4. The molecule has 0 spiro atoms. The van der Waals surface area contributed by atoms with Crippen LogP contribution in [0.2, 0.25) is 0 Å². The summed E-state index contributed by atoms with van der Waals surface area (Å²) in [7, 11) is 0. The van der Waals surface area contributed by atoms with Crippen molar-refractivity contribution in [1.29, 1.82) is 0 Å². The number of nitrogens with two attached hydrogens (primary N) is 1. The van der Waals surface area contributed by atoms with Crippen LogP contribution in [0.4, 0.5) is 21.2 Å². The second kappa shape index (κ2) is 7.84. The highest BCUT2D eigenvalue weighted by Crippen LogP contribution is 2.38. The monoisotopic (exact) mass is 472 g/mol. The van der Waals surface area contributed by atoms with E-state index in [4.69, 9.17) is 5.73 Å². The summed E-state index contributed by atoms with van der Waals surface area (Å²) in [5, 5.41) is 9.34. The molecule has 1 aliphatic rings. The Morgan fingerprint density at radius 2 is 1.62 bits per heavy atom. The molecule has 9 heteroatoms. The molecular formula is C20H17BrN4O3S. The number of thiophene rings is 1. The minimum Gasteiger partial charge on any atom is -0.365 e. The molecule has 0 atom stereocenters. The van der Waals surface area contributed by atoms with Crippen LogP contribution in [0, 0.1) is 5.92 Å². The maximum atomic E-state index is 12.3. The van der Waals surface area contributed by atoms with Crippen molar-refractivity contribution in [3.8, 4) is 0 Å². The van der Waals surface area contributed by atoms with Gasteiger partial charge in [0.1, 0.15) is 5.00 Å². The SMILES string of the molecule is NC(=O)c1c(NC(=O)C2CC2)sc2ccc(NC(=O)Nc3ccc(Br)cc3)cc12. The van der Waals surface area contributed by atoms with E-state index in [0.29, 0.717) is 21.8 Å². The summed E-state index contributed by atoms with van der Waals surface area (Å²) >= 11 is 4.64. The predicted molar refractivity (Wildman–Crippen MR) is 118 cm³/mol. The maximum absolute atomic E-state index is 12.3. The third-order valence-corrected chi connectivity index (χ3v) is 6.09. The van der Waals surface area contributed by atoms with E-state index in [1.165, 1.54) is 11.3 Å². The molecule has 4 amide bonds. The molecular weight excluding hydrogens is 456 g/mol. The van der Waals surface area contributed by atoms with Crippen molar-refractivity contribution >= 4 is 71.6 Å². The van der Waals surface area contributed by atoms with Gasteiger partial charge in [-0.2, -0.15) is 0 Å². The number of benzene rings is 2. The van der Waals surface area contributed by atoms with Crippen LogP contribution < -0.4 is 21.7 Å². The summed E-state index contributed by atoms with van der Waals surface area (Å²) in [6, 6.07) is 12.0. The number of amides is 4. The number of carbonyl (C=O) groups excluding carboxylic acids is 3. The van der Waals surface area contributed by atoms with Crippen molar-refractivity contribution in [1.82, 2.24) is 0 Å². The van der Waals surface area contributed by atoms with Gasteiger partial charge in [-0.15, -0.1) is 11.3 Å². The summed E-state index contributed by atoms with van der Waals surface area (Å²) in [5.41, 5.74) is 6.98. The average molecular weight is 473 g/mol. The first-order valence-corrected chi connectivity index (χ1v) is 10.5. The van der Waals surface area contributed by atoms with E-state index >= 15 is 0 Å². The molecule has 0 unspecified atom stereocenters. The second-order valence-electron chi connectivity index (χ2n) is 6.73. The lowest BCUT2D eigenvalue weighted by Gasteiger charge is -2.08. The number of nitrogens with one attached hydrogen (secondary N) is 3. The Morgan fingerprint density at radius 3 is 2.28 bits per heavy atom. The van der Waals surface area contributed by atoms with Gasteiger partial charge < -0.3 is 21.7 Å². The van der Waals surface area contributed by atoms with Crippen molar-refractivity contribution in [3.05, 3.63) is 52.5 Å². The van der Waals surface area contributed by atoms with Crippen molar-refractivity contribution in [2.24, 2.45) is 11.7 Å². The van der Waals surface area contributed by atoms with Crippen molar-refractivity contribution < 1.29 is 14.4 Å². The Hall–Kier alpha value is -2.91. The van der Waals surface area contributed by atoms with Gasteiger partial charge in [0.25, 0.3) is 5.91 Å². The van der Waals surface area contributed by atoms with E-state index < -0.39 is 11.9 Å². The first-order valence-electron chi connectivity index (χ1n) is 8.91. The first-order chi connectivity index (χ1) is 13.9. The van der Waals surface area contributed by atoms with Gasteiger partial charge in [-0.1, -0.05) is 15.9 Å². The Kier molecular flexibility index (Phi) is 5.25. The number of urea groups is 1. The molecule has 148 valence electrons. The summed E-state index contributed by atoms with van der Waals surface area (Å²) in [4.78, 5) is 36.4. The van der Waals surface area contributed by atoms with Gasteiger partial charge >= 0.3 is 6.03 Å². The van der Waals surface area contributed by atoms with Gasteiger partial charge in [0, 0.05) is 31.9 Å². The van der Waals surface area contributed by atoms with Gasteiger partial charge in [-0.3, -0.25) is 9.59 Å². The molecule has 0 saturated heterocycles. The second-order valence-corrected chi connectivity index (χ2v) is 8.70. The zero-order chi connectivity index (χ0) is 20.5. The van der Waals surface area contributed by atoms with Crippen LogP contribution in [-0.4, -0.2) is 17.8 Å². The lowest BCUT2D eigenvalue weighted by molar-refractivity contribution is -0.117. The molecule has 2 aromatic carbocycles. The van der Waals surface area contributed by atoms with Crippen LogP contribution in [0.25, 0.3) is 10.1 Å². The standard InChI is InChI=1S/C20H17BrN4O3S/c21-11-3-5-12(6-4-11)23-20(28)24-13-7-8-15-14(9-13)16(17(22)26)19(29-15)25-18(27)10-1-2-10/h3-10H,1-2H2,(H2,22,26)(H,25,27)(H2,23,24,28). The number of hydrogen-bond acceptors (Lipinski definition) is 4. The van der Waals surface area contributed by atoms with Crippen LogP contribution in [0.1, 0.15) is 23.2 Å². The van der Waals surface area contributed by atoms with Crippen LogP contribution >= 0.6 is 27.3 Å². The quantitative estimate of drug-likeness (QED) is 0.429. The summed E-state index contributed by atoms with van der Waals surface area (Å²) in [5.74, 6) is -0.703. The molecule has 1 saturated carbocycles. The number of fused-ring (bicyclic) bond motifs is 1. The van der Waals surface area contributed by atoms with E-state index in [0.717, 1.165) is 22.0 Å². The van der Waals surface area contributed by atoms with Crippen LogP contribution in [0.15, 0.2) is 46.9 Å². The molecule has 3 aromatic rings. The van der Waals surface area contributed by atoms with E-state index in [1.807, 2.05) is 12.1 Å². The Morgan fingerprint density at radius 1 is 0.966 bits per heavy atom. The predicted octanol–water partition coefficient (Wildman–Crippen LogP) is 4.76. The van der Waals surface area contributed by atoms with Crippen LogP contribution in [0.5, 0.6) is 0 Å². The van der Waals surface area contributed by atoms with Crippen molar-refractivity contribution in [2.45, 2.75) is 12.8 Å². The molecule has 1 aromatic heterocycles. The Bertz CT molecular complexity index is 1120. The average Bonchev–Trinajstić information content (AvgIpc) is 3.45. The summed E-state index contributed by atoms with van der Waals surface area (Å²) in [6.07, 6.45) is 1.73. The molecule has 5 N–H and O–H groups in total. The third kappa shape index (κ3) is 4.41. The number of rotatable bonds is 5. The third-order valence-electron chi connectivity index (χ3n) is 4.48. The largest absolute Gasteiger partial charge is 0.365 e. The van der Waals surface area contributed by atoms with Crippen LogP contribution in [-0.2, 0) is 4.79 Å². The van der Waals surface area contributed by atoms with Gasteiger partial charge in [0.15, 0.2) is 0 Å². The number of primary amides is 1. The molecule has 1 fully saturated rings. The van der Waals surface area contributed by atoms with Gasteiger partial charge in [-0.25, -0.2) is 4.79 Å². The fourth-order valence-corrected chi connectivity index (χ4v) is 4.25. The van der Waals surface area contributed by atoms with Gasteiger partial charge in [0.05, 0.1) is 5.56 Å². The molecule has 0 bridgehead atoms. The highest BCUT2D eigenvalue weighted by atomic mass is 79.9. The zero-order valence-corrected chi connectivity index (χ0v) is 17.5. The Labute approximate surface area is 178 Å². The minimum absolute atomic E-state index is 0.0143. The van der Waals surface area contributed by atoms with E-state index in [-0.39, 0.29) is 17.4 Å².